The van der Waals surface area contributed by atoms with Crippen molar-refractivity contribution < 1.29 is 19.1 Å². The van der Waals surface area contributed by atoms with Gasteiger partial charge in [-0.25, -0.2) is 4.39 Å². The third-order valence-electron chi connectivity index (χ3n) is 3.85. The molecule has 5 heteroatoms. The highest BCUT2D eigenvalue weighted by atomic mass is 19.1. The normalized spacial score (nSPS) is 11.2. The van der Waals surface area contributed by atoms with E-state index in [9.17, 15) is 19.1 Å². The molecule has 1 rings (SSSR count). The zero-order valence-corrected chi connectivity index (χ0v) is 12.0. The van der Waals surface area contributed by atoms with E-state index in [1.807, 2.05) is 0 Å². The van der Waals surface area contributed by atoms with Gasteiger partial charge in [0.2, 0.25) is 5.91 Å². The van der Waals surface area contributed by atoms with Gasteiger partial charge in [-0.15, -0.1) is 0 Å². The summed E-state index contributed by atoms with van der Waals surface area (Å²) < 4.78 is 13.4. The van der Waals surface area contributed by atoms with Crippen LogP contribution in [0, 0.1) is 18.2 Å². The molecule has 0 radical (unpaired) electrons. The van der Waals surface area contributed by atoms with Crippen LogP contribution in [0.1, 0.15) is 38.7 Å². The first-order valence-electron chi connectivity index (χ1n) is 6.64. The van der Waals surface area contributed by atoms with E-state index < -0.39 is 23.1 Å². The van der Waals surface area contributed by atoms with E-state index in [2.05, 4.69) is 5.32 Å². The Morgan fingerprint density at radius 3 is 2.40 bits per heavy atom. The van der Waals surface area contributed by atoms with Crippen molar-refractivity contribution in [1.82, 2.24) is 0 Å². The number of carbonyl (C=O) groups is 2. The van der Waals surface area contributed by atoms with Crippen molar-refractivity contribution in [3.8, 4) is 0 Å². The van der Waals surface area contributed by atoms with Crippen molar-refractivity contribution in [3.63, 3.8) is 0 Å². The Balaban J connectivity index is 2.86. The molecule has 1 aromatic carbocycles. The van der Waals surface area contributed by atoms with Crippen LogP contribution in [-0.2, 0) is 9.59 Å². The van der Waals surface area contributed by atoms with Gasteiger partial charge >= 0.3 is 5.97 Å². The molecule has 4 nitrogen and oxygen atoms in total. The van der Waals surface area contributed by atoms with Crippen molar-refractivity contribution >= 4 is 17.6 Å². The Kier molecular flexibility index (Phi) is 5.25. The molecular weight excluding hydrogens is 261 g/mol. The van der Waals surface area contributed by atoms with Gasteiger partial charge in [0.1, 0.15) is 5.82 Å². The third kappa shape index (κ3) is 3.35. The molecule has 0 fully saturated rings. The first-order valence-corrected chi connectivity index (χ1v) is 6.64. The van der Waals surface area contributed by atoms with Crippen LogP contribution in [0.25, 0.3) is 0 Å². The molecule has 1 aromatic rings. The molecular formula is C15H20FNO3. The van der Waals surface area contributed by atoms with Crippen LogP contribution >= 0.6 is 0 Å². The second-order valence-corrected chi connectivity index (χ2v) is 4.93. The number of carbonyl (C=O) groups excluding carboxylic acids is 1. The Hall–Kier alpha value is -1.91. The highest BCUT2D eigenvalue weighted by Gasteiger charge is 2.37. The van der Waals surface area contributed by atoms with E-state index in [-0.39, 0.29) is 6.42 Å². The van der Waals surface area contributed by atoms with Crippen molar-refractivity contribution in [2.24, 2.45) is 5.41 Å². The van der Waals surface area contributed by atoms with Gasteiger partial charge in [-0.1, -0.05) is 19.9 Å². The van der Waals surface area contributed by atoms with Crippen molar-refractivity contribution in [1.29, 1.82) is 0 Å². The number of benzene rings is 1. The molecule has 2 N–H and O–H groups in total. The molecule has 110 valence electrons. The summed E-state index contributed by atoms with van der Waals surface area (Å²) in [6.07, 6.45) is 0.619. The summed E-state index contributed by atoms with van der Waals surface area (Å²) in [6.45, 7) is 5.06. The number of amides is 1. The summed E-state index contributed by atoms with van der Waals surface area (Å²) in [6, 6.07) is 4.41. The lowest BCUT2D eigenvalue weighted by Gasteiger charge is -2.26. The van der Waals surface area contributed by atoms with E-state index in [0.717, 1.165) is 0 Å². The number of carboxylic acid groups (broad SMARTS) is 1. The first-order chi connectivity index (χ1) is 9.36. The molecule has 0 spiro atoms. The number of halogens is 1. The van der Waals surface area contributed by atoms with Crippen LogP contribution in [-0.4, -0.2) is 17.0 Å². The Morgan fingerprint density at radius 2 is 1.90 bits per heavy atom. The zero-order valence-electron chi connectivity index (χ0n) is 12.0. The lowest BCUT2D eigenvalue weighted by Crippen LogP contribution is -2.34. The monoisotopic (exact) mass is 281 g/mol. The average Bonchev–Trinajstić information content (AvgIpc) is 2.41. The second-order valence-electron chi connectivity index (χ2n) is 4.93. The fraction of sp³-hybridized carbons (Fsp3) is 0.467. The Labute approximate surface area is 118 Å². The van der Waals surface area contributed by atoms with E-state index in [1.165, 1.54) is 12.1 Å². The summed E-state index contributed by atoms with van der Waals surface area (Å²) >= 11 is 0. The predicted molar refractivity (Wildman–Crippen MR) is 75.0 cm³/mol. The van der Waals surface area contributed by atoms with Crippen LogP contribution in [0.15, 0.2) is 18.2 Å². The molecule has 0 unspecified atom stereocenters. The smallest absolute Gasteiger partial charge is 0.310 e. The summed E-state index contributed by atoms with van der Waals surface area (Å²) in [4.78, 5) is 23.4. The van der Waals surface area contributed by atoms with E-state index in [4.69, 9.17) is 0 Å². The van der Waals surface area contributed by atoms with Gasteiger partial charge in [-0.05, 0) is 31.9 Å². The van der Waals surface area contributed by atoms with Crippen LogP contribution in [0.4, 0.5) is 10.1 Å². The maximum atomic E-state index is 13.4. The highest BCUT2D eigenvalue weighted by Crippen LogP contribution is 2.31. The molecule has 0 aliphatic rings. The number of rotatable bonds is 6. The Morgan fingerprint density at radius 1 is 1.30 bits per heavy atom. The third-order valence-corrected chi connectivity index (χ3v) is 3.85. The number of carboxylic acids is 1. The molecule has 1 amide bonds. The summed E-state index contributed by atoms with van der Waals surface area (Å²) in [5, 5.41) is 11.9. The molecule has 0 saturated carbocycles. The molecule has 0 heterocycles. The minimum Gasteiger partial charge on any atom is -0.481 e. The predicted octanol–water partition coefficient (Wildman–Crippen LogP) is 3.35. The average molecular weight is 281 g/mol. The van der Waals surface area contributed by atoms with Crippen molar-refractivity contribution in [2.45, 2.75) is 40.0 Å². The minimum atomic E-state index is -1.06. The summed E-state index contributed by atoms with van der Waals surface area (Å²) in [5.74, 6) is -1.79. The molecule has 0 aromatic heterocycles. The minimum absolute atomic E-state index is 0.120. The van der Waals surface area contributed by atoms with Gasteiger partial charge in [0, 0.05) is 17.7 Å². The molecule has 0 aliphatic carbocycles. The molecule has 0 saturated heterocycles. The molecule has 0 atom stereocenters. The first kappa shape index (κ1) is 16.1. The van der Waals surface area contributed by atoms with Crippen LogP contribution in [0.2, 0.25) is 0 Å². The van der Waals surface area contributed by atoms with Crippen LogP contribution in [0.5, 0.6) is 0 Å². The zero-order chi connectivity index (χ0) is 15.3. The van der Waals surface area contributed by atoms with Crippen molar-refractivity contribution in [3.05, 3.63) is 29.6 Å². The van der Waals surface area contributed by atoms with Gasteiger partial charge in [-0.3, -0.25) is 9.59 Å². The molecule has 20 heavy (non-hydrogen) atoms. The van der Waals surface area contributed by atoms with Crippen LogP contribution in [0.3, 0.4) is 0 Å². The van der Waals surface area contributed by atoms with E-state index in [0.29, 0.717) is 24.1 Å². The lowest BCUT2D eigenvalue weighted by atomic mass is 9.79. The largest absolute Gasteiger partial charge is 0.481 e. The van der Waals surface area contributed by atoms with Gasteiger partial charge < -0.3 is 10.4 Å². The highest BCUT2D eigenvalue weighted by molar-refractivity contribution is 5.94. The summed E-state index contributed by atoms with van der Waals surface area (Å²) in [5.41, 5.74) is -0.345. The van der Waals surface area contributed by atoms with Gasteiger partial charge in [-0.2, -0.15) is 0 Å². The summed E-state index contributed by atoms with van der Waals surface area (Å²) in [7, 11) is 0. The fourth-order valence-corrected chi connectivity index (χ4v) is 2.12. The maximum Gasteiger partial charge on any atom is 0.310 e. The number of aliphatic carboxylic acids is 1. The van der Waals surface area contributed by atoms with Gasteiger partial charge in [0.05, 0.1) is 5.41 Å². The lowest BCUT2D eigenvalue weighted by molar-refractivity contribution is -0.151. The number of hydrogen-bond acceptors (Lipinski definition) is 2. The quantitative estimate of drug-likeness (QED) is 0.840. The number of nitrogens with one attached hydrogen (secondary N) is 1. The van der Waals surface area contributed by atoms with Gasteiger partial charge in [0.15, 0.2) is 0 Å². The van der Waals surface area contributed by atoms with E-state index in [1.54, 1.807) is 26.8 Å². The molecule has 0 bridgehead atoms. The van der Waals surface area contributed by atoms with Gasteiger partial charge in [0.25, 0.3) is 0 Å². The fourth-order valence-electron chi connectivity index (χ4n) is 2.12. The second kappa shape index (κ2) is 6.50. The number of anilines is 1. The number of hydrogen-bond donors (Lipinski definition) is 2. The van der Waals surface area contributed by atoms with E-state index >= 15 is 0 Å². The SMILES string of the molecule is CCC(CC)(CC(=O)Nc1cccc(F)c1C)C(=O)O. The standard InChI is InChI=1S/C15H20FNO3/c1-4-15(5-2,14(19)20)9-13(18)17-12-8-6-7-11(16)10(12)3/h6-8H,4-5,9H2,1-3H3,(H,17,18)(H,19,20). The molecule has 0 aliphatic heterocycles. The topological polar surface area (TPSA) is 66.4 Å². The maximum absolute atomic E-state index is 13.4. The van der Waals surface area contributed by atoms with Crippen LogP contribution < -0.4 is 5.32 Å². The Bertz CT molecular complexity index is 510. The van der Waals surface area contributed by atoms with Crippen molar-refractivity contribution in [2.75, 3.05) is 5.32 Å².